The van der Waals surface area contributed by atoms with E-state index >= 15 is 0 Å². The Labute approximate surface area is 167 Å². The molecule has 6 nitrogen and oxygen atoms in total. The van der Waals surface area contributed by atoms with Crippen LogP contribution in [0.15, 0.2) is 28.8 Å². The van der Waals surface area contributed by atoms with Crippen molar-refractivity contribution in [1.82, 2.24) is 14.9 Å². The zero-order valence-electron chi connectivity index (χ0n) is 15.3. The van der Waals surface area contributed by atoms with Crippen molar-refractivity contribution in [3.63, 3.8) is 0 Å². The zero-order chi connectivity index (χ0) is 19.6. The molecule has 0 aliphatic carbocycles. The predicted octanol–water partition coefficient (Wildman–Crippen LogP) is 5.05. The monoisotopic (exact) mass is 406 g/mol. The molecule has 0 bridgehead atoms. The van der Waals surface area contributed by atoms with E-state index in [2.05, 4.69) is 15.6 Å². The second-order valence-electron chi connectivity index (χ2n) is 6.33. The van der Waals surface area contributed by atoms with Crippen LogP contribution in [0.25, 0.3) is 0 Å². The van der Waals surface area contributed by atoms with E-state index in [9.17, 15) is 4.79 Å². The van der Waals surface area contributed by atoms with Gasteiger partial charge in [0.05, 0.1) is 33.7 Å². The van der Waals surface area contributed by atoms with E-state index < -0.39 is 0 Å². The number of rotatable bonds is 6. The maximum absolute atomic E-state index is 12.5. The summed E-state index contributed by atoms with van der Waals surface area (Å²) in [5.74, 6) is 0.382. The van der Waals surface area contributed by atoms with Crippen molar-refractivity contribution >= 4 is 34.8 Å². The Hall–Kier alpha value is -2.31. The maximum Gasteiger partial charge on any atom is 0.277 e. The van der Waals surface area contributed by atoms with E-state index in [1.54, 1.807) is 12.1 Å². The highest BCUT2D eigenvalue weighted by Gasteiger charge is 2.18. The Morgan fingerprint density at radius 3 is 2.70 bits per heavy atom. The second kappa shape index (κ2) is 8.15. The number of halogens is 2. The number of amides is 1. The Kier molecular flexibility index (Phi) is 5.87. The first kappa shape index (κ1) is 19.5. The van der Waals surface area contributed by atoms with E-state index in [4.69, 9.17) is 27.7 Å². The minimum Gasteiger partial charge on any atom is -0.361 e. The summed E-state index contributed by atoms with van der Waals surface area (Å²) in [7, 11) is 0. The van der Waals surface area contributed by atoms with E-state index in [0.717, 1.165) is 29.8 Å². The topological polar surface area (TPSA) is 73.0 Å². The van der Waals surface area contributed by atoms with Gasteiger partial charge in [0.2, 0.25) is 0 Å². The van der Waals surface area contributed by atoms with Crippen molar-refractivity contribution < 1.29 is 9.32 Å². The minimum absolute atomic E-state index is 0.259. The van der Waals surface area contributed by atoms with Crippen LogP contribution in [-0.4, -0.2) is 20.8 Å². The molecule has 0 fully saturated rings. The zero-order valence-corrected chi connectivity index (χ0v) is 16.9. The van der Waals surface area contributed by atoms with E-state index in [-0.39, 0.29) is 11.6 Å². The molecule has 1 N–H and O–H groups in total. The normalized spacial score (nSPS) is 11.0. The SMILES string of the molecule is CCCc1cc(C(=O)Nc2c(C)nn(Cc3ccc(Cl)c(Cl)c3)c2C)no1. The lowest BCUT2D eigenvalue weighted by atomic mass is 10.2. The van der Waals surface area contributed by atoms with Gasteiger partial charge in [0, 0.05) is 12.5 Å². The van der Waals surface area contributed by atoms with Gasteiger partial charge in [-0.3, -0.25) is 9.48 Å². The van der Waals surface area contributed by atoms with Crippen LogP contribution in [0, 0.1) is 13.8 Å². The molecule has 0 spiro atoms. The van der Waals surface area contributed by atoms with Crippen LogP contribution in [0.2, 0.25) is 10.0 Å². The number of aryl methyl sites for hydroxylation is 2. The van der Waals surface area contributed by atoms with Gasteiger partial charge in [-0.05, 0) is 38.0 Å². The lowest BCUT2D eigenvalue weighted by molar-refractivity contribution is 0.101. The minimum atomic E-state index is -0.318. The molecule has 8 heteroatoms. The number of nitrogens with one attached hydrogen (secondary N) is 1. The highest BCUT2D eigenvalue weighted by atomic mass is 35.5. The van der Waals surface area contributed by atoms with Gasteiger partial charge in [0.1, 0.15) is 5.76 Å². The molecule has 0 atom stereocenters. The van der Waals surface area contributed by atoms with Gasteiger partial charge in [-0.2, -0.15) is 5.10 Å². The summed E-state index contributed by atoms with van der Waals surface area (Å²) in [6.45, 7) is 6.30. The fraction of sp³-hybridized carbons (Fsp3) is 0.316. The molecule has 2 aromatic heterocycles. The number of nitrogens with zero attached hydrogens (tertiary/aromatic N) is 3. The van der Waals surface area contributed by atoms with Crippen LogP contribution < -0.4 is 5.32 Å². The molecule has 142 valence electrons. The fourth-order valence-electron chi connectivity index (χ4n) is 2.80. The summed E-state index contributed by atoms with van der Waals surface area (Å²) in [6, 6.07) is 7.13. The number of hydrogen-bond acceptors (Lipinski definition) is 4. The molecule has 3 rings (SSSR count). The van der Waals surface area contributed by atoms with Gasteiger partial charge in [-0.1, -0.05) is 41.3 Å². The third-order valence-corrected chi connectivity index (χ3v) is 4.96. The first-order valence-electron chi connectivity index (χ1n) is 8.64. The van der Waals surface area contributed by atoms with Crippen molar-refractivity contribution in [2.75, 3.05) is 5.32 Å². The average molecular weight is 407 g/mol. The lowest BCUT2D eigenvalue weighted by Gasteiger charge is -2.07. The fourth-order valence-corrected chi connectivity index (χ4v) is 3.13. The van der Waals surface area contributed by atoms with Gasteiger partial charge < -0.3 is 9.84 Å². The number of carbonyl (C=O) groups is 1. The molecule has 1 amide bonds. The standard InChI is InChI=1S/C19H20Cl2N4O2/c1-4-5-14-9-17(24-27-14)19(26)22-18-11(2)23-25(12(18)3)10-13-6-7-15(20)16(21)8-13/h6-9H,4-5,10H2,1-3H3,(H,22,26). The van der Waals surface area contributed by atoms with Crippen molar-refractivity contribution in [1.29, 1.82) is 0 Å². The number of aromatic nitrogens is 3. The van der Waals surface area contributed by atoms with Crippen LogP contribution in [0.4, 0.5) is 5.69 Å². The Balaban J connectivity index is 1.78. The summed E-state index contributed by atoms with van der Waals surface area (Å²) in [4.78, 5) is 12.5. The molecule has 0 radical (unpaired) electrons. The van der Waals surface area contributed by atoms with Gasteiger partial charge >= 0.3 is 0 Å². The second-order valence-corrected chi connectivity index (χ2v) is 7.15. The van der Waals surface area contributed by atoms with E-state index in [0.29, 0.717) is 28.0 Å². The summed E-state index contributed by atoms with van der Waals surface area (Å²) < 4.78 is 6.99. The van der Waals surface area contributed by atoms with Gasteiger partial charge in [0.15, 0.2) is 5.69 Å². The van der Waals surface area contributed by atoms with E-state index in [1.807, 2.05) is 37.6 Å². The summed E-state index contributed by atoms with van der Waals surface area (Å²) in [5.41, 5.74) is 3.45. The third kappa shape index (κ3) is 4.34. The molecule has 2 heterocycles. The van der Waals surface area contributed by atoms with Crippen LogP contribution in [0.5, 0.6) is 0 Å². The molecule has 0 aliphatic rings. The molecular formula is C19H20Cl2N4O2. The van der Waals surface area contributed by atoms with Crippen molar-refractivity contribution in [2.24, 2.45) is 0 Å². The maximum atomic E-state index is 12.5. The summed E-state index contributed by atoms with van der Waals surface area (Å²) in [5, 5.41) is 12.3. The Morgan fingerprint density at radius 1 is 1.22 bits per heavy atom. The molecular weight excluding hydrogens is 387 g/mol. The Bertz CT molecular complexity index is 978. The molecule has 1 aromatic carbocycles. The Morgan fingerprint density at radius 2 is 2.00 bits per heavy atom. The highest BCUT2D eigenvalue weighted by molar-refractivity contribution is 6.42. The number of anilines is 1. The van der Waals surface area contributed by atoms with Crippen molar-refractivity contribution in [3.8, 4) is 0 Å². The molecule has 0 saturated carbocycles. The van der Waals surface area contributed by atoms with E-state index in [1.165, 1.54) is 0 Å². The van der Waals surface area contributed by atoms with Crippen LogP contribution >= 0.6 is 23.2 Å². The summed E-state index contributed by atoms with van der Waals surface area (Å²) in [6.07, 6.45) is 1.68. The smallest absolute Gasteiger partial charge is 0.277 e. The quantitative estimate of drug-likeness (QED) is 0.621. The number of benzene rings is 1. The highest BCUT2D eigenvalue weighted by Crippen LogP contribution is 2.25. The van der Waals surface area contributed by atoms with Gasteiger partial charge in [-0.25, -0.2) is 0 Å². The van der Waals surface area contributed by atoms with Gasteiger partial charge in [-0.15, -0.1) is 0 Å². The average Bonchev–Trinajstić information content (AvgIpc) is 3.19. The number of hydrogen-bond donors (Lipinski definition) is 1. The molecule has 3 aromatic rings. The molecule has 27 heavy (non-hydrogen) atoms. The lowest BCUT2D eigenvalue weighted by Crippen LogP contribution is -2.13. The number of carbonyl (C=O) groups excluding carboxylic acids is 1. The largest absolute Gasteiger partial charge is 0.361 e. The first-order chi connectivity index (χ1) is 12.9. The van der Waals surface area contributed by atoms with Crippen molar-refractivity contribution in [3.05, 3.63) is 62.7 Å². The molecule has 0 unspecified atom stereocenters. The van der Waals surface area contributed by atoms with Crippen LogP contribution in [0.3, 0.4) is 0 Å². The molecule has 0 aliphatic heterocycles. The first-order valence-corrected chi connectivity index (χ1v) is 9.39. The summed E-state index contributed by atoms with van der Waals surface area (Å²) >= 11 is 12.0. The van der Waals surface area contributed by atoms with Crippen LogP contribution in [0.1, 0.15) is 46.5 Å². The van der Waals surface area contributed by atoms with Gasteiger partial charge in [0.25, 0.3) is 5.91 Å². The predicted molar refractivity (Wildman–Crippen MR) is 106 cm³/mol. The van der Waals surface area contributed by atoms with Crippen LogP contribution in [-0.2, 0) is 13.0 Å². The third-order valence-electron chi connectivity index (χ3n) is 4.22. The molecule has 0 saturated heterocycles. The van der Waals surface area contributed by atoms with Crippen molar-refractivity contribution in [2.45, 2.75) is 40.2 Å².